The van der Waals surface area contributed by atoms with E-state index in [1.807, 2.05) is 0 Å². The first-order valence-electron chi connectivity index (χ1n) is 10.3. The Labute approximate surface area is 194 Å². The molecule has 1 heterocycles. The van der Waals surface area contributed by atoms with Crippen LogP contribution in [0.1, 0.15) is 32.1 Å². The zero-order chi connectivity index (χ0) is 23.2. The van der Waals surface area contributed by atoms with Crippen LogP contribution in [0, 0.1) is 0 Å². The van der Waals surface area contributed by atoms with Gasteiger partial charge in [0, 0.05) is 36.8 Å². The smallest absolute Gasteiger partial charge is 0.243 e. The average molecular weight is 500 g/mol. The summed E-state index contributed by atoms with van der Waals surface area (Å²) >= 11 is 5.76. The quantitative estimate of drug-likeness (QED) is 0.579. The number of nitrogens with zero attached hydrogens (tertiary/aromatic N) is 1. The number of halogens is 1. The minimum atomic E-state index is -3.74. The van der Waals surface area contributed by atoms with Crippen molar-refractivity contribution in [2.75, 3.05) is 25.0 Å². The molecule has 0 radical (unpaired) electrons. The van der Waals surface area contributed by atoms with Crippen LogP contribution < -0.4 is 10.0 Å². The molecule has 0 saturated carbocycles. The second-order valence-corrected chi connectivity index (χ2v) is 11.6. The summed E-state index contributed by atoms with van der Waals surface area (Å²) in [5.74, 6) is -0.396. The van der Waals surface area contributed by atoms with Crippen LogP contribution in [0.5, 0.6) is 0 Å². The van der Waals surface area contributed by atoms with Crippen molar-refractivity contribution in [3.8, 4) is 0 Å². The fourth-order valence-corrected chi connectivity index (χ4v) is 6.04. The zero-order valence-electron chi connectivity index (χ0n) is 17.5. The lowest BCUT2D eigenvalue weighted by atomic mass is 10.2. The zero-order valence-corrected chi connectivity index (χ0v) is 19.8. The molecule has 3 rings (SSSR count). The van der Waals surface area contributed by atoms with Gasteiger partial charge in [0.25, 0.3) is 0 Å². The second kappa shape index (κ2) is 10.8. The van der Waals surface area contributed by atoms with E-state index in [0.29, 0.717) is 23.8 Å². The molecule has 32 heavy (non-hydrogen) atoms. The highest BCUT2D eigenvalue weighted by molar-refractivity contribution is 7.89. The molecule has 0 bridgehead atoms. The maximum absolute atomic E-state index is 12.8. The highest BCUT2D eigenvalue weighted by Crippen LogP contribution is 2.22. The molecule has 2 aromatic rings. The third kappa shape index (κ3) is 6.52. The highest BCUT2D eigenvalue weighted by Gasteiger charge is 2.25. The van der Waals surface area contributed by atoms with Crippen LogP contribution in [0.4, 0.5) is 5.69 Å². The third-order valence-electron chi connectivity index (χ3n) is 5.11. The molecule has 2 aromatic carbocycles. The van der Waals surface area contributed by atoms with Gasteiger partial charge in [-0.2, -0.15) is 4.31 Å². The first-order valence-corrected chi connectivity index (χ1v) is 13.6. The molecule has 0 spiro atoms. The van der Waals surface area contributed by atoms with Gasteiger partial charge in [-0.1, -0.05) is 24.4 Å². The lowest BCUT2D eigenvalue weighted by molar-refractivity contribution is -0.116. The molecule has 8 nitrogen and oxygen atoms in total. The second-order valence-electron chi connectivity index (χ2n) is 7.49. The van der Waals surface area contributed by atoms with E-state index in [1.165, 1.54) is 52.8 Å². The maximum Gasteiger partial charge on any atom is 0.243 e. The normalized spacial score (nSPS) is 15.8. The molecule has 2 N–H and O–H groups in total. The van der Waals surface area contributed by atoms with Crippen molar-refractivity contribution in [3.05, 3.63) is 53.6 Å². The van der Waals surface area contributed by atoms with Gasteiger partial charge in [-0.15, -0.1) is 0 Å². The van der Waals surface area contributed by atoms with Gasteiger partial charge in [0.05, 0.1) is 9.79 Å². The van der Waals surface area contributed by atoms with Crippen molar-refractivity contribution in [1.29, 1.82) is 0 Å². The fourth-order valence-electron chi connectivity index (χ4n) is 3.36. The number of hydrogen-bond acceptors (Lipinski definition) is 5. The van der Waals surface area contributed by atoms with Crippen LogP contribution in [0.2, 0.25) is 5.02 Å². The fraction of sp³-hybridized carbons (Fsp3) is 0.381. The van der Waals surface area contributed by atoms with E-state index in [4.69, 9.17) is 11.6 Å². The van der Waals surface area contributed by atoms with Gasteiger partial charge in [-0.05, 0) is 61.4 Å². The van der Waals surface area contributed by atoms with E-state index in [1.54, 1.807) is 0 Å². The van der Waals surface area contributed by atoms with Crippen LogP contribution in [0.25, 0.3) is 0 Å². The van der Waals surface area contributed by atoms with Gasteiger partial charge >= 0.3 is 0 Å². The molecule has 0 unspecified atom stereocenters. The van der Waals surface area contributed by atoms with Crippen LogP contribution in [0.15, 0.2) is 58.3 Å². The molecular weight excluding hydrogens is 474 g/mol. The molecule has 11 heteroatoms. The largest absolute Gasteiger partial charge is 0.326 e. The summed E-state index contributed by atoms with van der Waals surface area (Å²) in [5, 5.41) is 3.07. The van der Waals surface area contributed by atoms with E-state index >= 15 is 0 Å². The predicted octanol–water partition coefficient (Wildman–Crippen LogP) is 3.21. The summed E-state index contributed by atoms with van der Waals surface area (Å²) in [7, 11) is -7.30. The molecular formula is C21H26ClN3O5S2. The van der Waals surface area contributed by atoms with Crippen molar-refractivity contribution < 1.29 is 21.6 Å². The van der Waals surface area contributed by atoms with E-state index in [-0.39, 0.29) is 22.8 Å². The standard InChI is InChI=1S/C21H26ClN3O5S2/c22-17-5-9-19(10-6-17)31(27,28)23-14-13-21(26)24-18-7-11-20(12-8-18)32(29,30)25-15-3-1-2-4-16-25/h5-12,23H,1-4,13-16H2,(H,24,26). The number of hydrogen-bond donors (Lipinski definition) is 2. The lowest BCUT2D eigenvalue weighted by Crippen LogP contribution is -2.31. The minimum Gasteiger partial charge on any atom is -0.326 e. The number of amides is 1. The van der Waals surface area contributed by atoms with Gasteiger partial charge < -0.3 is 5.32 Å². The molecule has 0 aromatic heterocycles. The Hall–Kier alpha value is -1.98. The summed E-state index contributed by atoms with van der Waals surface area (Å²) in [4.78, 5) is 12.4. The maximum atomic E-state index is 12.8. The Balaban J connectivity index is 1.52. The Morgan fingerprint density at radius 3 is 2.00 bits per heavy atom. The van der Waals surface area contributed by atoms with Crippen LogP contribution in [-0.4, -0.2) is 46.7 Å². The molecule has 1 aliphatic heterocycles. The summed E-state index contributed by atoms with van der Waals surface area (Å²) in [6.45, 7) is 0.956. The van der Waals surface area contributed by atoms with E-state index < -0.39 is 26.0 Å². The van der Waals surface area contributed by atoms with Crippen LogP contribution in [0.3, 0.4) is 0 Å². The number of carbonyl (C=O) groups is 1. The minimum absolute atomic E-state index is 0.0588. The first-order chi connectivity index (χ1) is 15.2. The van der Waals surface area contributed by atoms with E-state index in [9.17, 15) is 21.6 Å². The van der Waals surface area contributed by atoms with Gasteiger partial charge in [-0.25, -0.2) is 21.6 Å². The number of rotatable bonds is 8. The van der Waals surface area contributed by atoms with Crippen molar-refractivity contribution in [3.63, 3.8) is 0 Å². The molecule has 1 aliphatic rings. The molecule has 0 atom stereocenters. The Morgan fingerprint density at radius 2 is 1.41 bits per heavy atom. The Kier molecular flexibility index (Phi) is 8.29. The average Bonchev–Trinajstić information content (AvgIpc) is 3.04. The number of nitrogens with one attached hydrogen (secondary N) is 2. The van der Waals surface area contributed by atoms with Gasteiger partial charge in [0.2, 0.25) is 26.0 Å². The van der Waals surface area contributed by atoms with Gasteiger partial charge in [0.15, 0.2) is 0 Å². The van der Waals surface area contributed by atoms with Crippen molar-refractivity contribution in [2.24, 2.45) is 0 Å². The van der Waals surface area contributed by atoms with E-state index in [2.05, 4.69) is 10.0 Å². The number of anilines is 1. The first kappa shape index (κ1) is 24.7. The highest BCUT2D eigenvalue weighted by atomic mass is 35.5. The molecule has 1 fully saturated rings. The van der Waals surface area contributed by atoms with Gasteiger partial charge in [0.1, 0.15) is 0 Å². The molecule has 1 saturated heterocycles. The number of sulfonamides is 2. The monoisotopic (exact) mass is 499 g/mol. The summed E-state index contributed by atoms with van der Waals surface area (Å²) in [6.07, 6.45) is 3.70. The van der Waals surface area contributed by atoms with Crippen LogP contribution >= 0.6 is 11.6 Å². The Bertz CT molecular complexity index is 1130. The Morgan fingerprint density at radius 1 is 0.844 bits per heavy atom. The number of benzene rings is 2. The summed E-state index contributed by atoms with van der Waals surface area (Å²) < 4.78 is 53.9. The van der Waals surface area contributed by atoms with Crippen molar-refractivity contribution >= 4 is 43.2 Å². The summed E-state index contributed by atoms with van der Waals surface area (Å²) in [6, 6.07) is 11.7. The predicted molar refractivity (Wildman–Crippen MR) is 124 cm³/mol. The third-order valence-corrected chi connectivity index (χ3v) is 8.75. The summed E-state index contributed by atoms with van der Waals surface area (Å²) in [5.41, 5.74) is 0.436. The number of carbonyl (C=O) groups excluding carboxylic acids is 1. The van der Waals surface area contributed by atoms with Crippen molar-refractivity contribution in [2.45, 2.75) is 41.9 Å². The van der Waals surface area contributed by atoms with E-state index in [0.717, 1.165) is 25.7 Å². The van der Waals surface area contributed by atoms with Gasteiger partial charge in [-0.3, -0.25) is 4.79 Å². The topological polar surface area (TPSA) is 113 Å². The SMILES string of the molecule is O=C(CCNS(=O)(=O)c1ccc(Cl)cc1)Nc1ccc(S(=O)(=O)N2CCCCCC2)cc1. The molecule has 174 valence electrons. The van der Waals surface area contributed by atoms with Crippen LogP contribution in [-0.2, 0) is 24.8 Å². The molecule has 1 amide bonds. The van der Waals surface area contributed by atoms with Crippen molar-refractivity contribution in [1.82, 2.24) is 9.03 Å². The molecule has 0 aliphatic carbocycles. The lowest BCUT2D eigenvalue weighted by Gasteiger charge is -2.20.